The van der Waals surface area contributed by atoms with Crippen molar-refractivity contribution in [3.05, 3.63) is 35.4 Å². The molecule has 0 atom stereocenters. The molecule has 0 fully saturated rings. The van der Waals surface area contributed by atoms with Gasteiger partial charge in [0.2, 0.25) is 0 Å². The maximum atomic E-state index is 4.91. The van der Waals surface area contributed by atoms with Crippen LogP contribution in [0.3, 0.4) is 0 Å². The average Bonchev–Trinajstić information content (AvgIpc) is 2.46. The monoisotopic (exact) mass is 276 g/mol. The highest BCUT2D eigenvalue weighted by Gasteiger charge is 1.95. The van der Waals surface area contributed by atoms with Gasteiger partial charge < -0.3 is 0 Å². The van der Waals surface area contributed by atoms with Crippen molar-refractivity contribution in [1.82, 2.24) is 0 Å². The summed E-state index contributed by atoms with van der Waals surface area (Å²) in [4.78, 5) is 0. The second kappa shape index (κ2) is 11.2. The van der Waals surface area contributed by atoms with Crippen molar-refractivity contribution in [1.29, 1.82) is 0 Å². The van der Waals surface area contributed by atoms with Crippen molar-refractivity contribution in [3.8, 4) is 0 Å². The summed E-state index contributed by atoms with van der Waals surface area (Å²) in [5.41, 5.74) is 2.59. The predicted molar refractivity (Wildman–Crippen MR) is 90.1 cm³/mol. The van der Waals surface area contributed by atoms with Crippen LogP contribution in [0.15, 0.2) is 24.3 Å². The lowest BCUT2D eigenvalue weighted by Crippen LogP contribution is -1.87. The van der Waals surface area contributed by atoms with Crippen LogP contribution in [-0.4, -0.2) is 5.37 Å². The molecule has 1 rings (SSSR count). The zero-order valence-corrected chi connectivity index (χ0v) is 13.2. The third-order valence-electron chi connectivity index (χ3n) is 3.68. The van der Waals surface area contributed by atoms with Crippen LogP contribution in [-0.2, 0) is 6.42 Å². The van der Waals surface area contributed by atoms with E-state index >= 15 is 0 Å². The Balaban J connectivity index is 1.96. The quantitative estimate of drug-likeness (QED) is 0.347. The number of thiocarbonyl (C=S) groups is 1. The van der Waals surface area contributed by atoms with Crippen molar-refractivity contribution in [3.63, 3.8) is 0 Å². The van der Waals surface area contributed by atoms with Crippen LogP contribution >= 0.6 is 12.2 Å². The van der Waals surface area contributed by atoms with Gasteiger partial charge in [0.1, 0.15) is 0 Å². The molecule has 0 N–H and O–H groups in total. The molecular formula is C18H28S. The first-order valence-electron chi connectivity index (χ1n) is 7.91. The highest BCUT2D eigenvalue weighted by Crippen LogP contribution is 2.12. The third kappa shape index (κ3) is 8.15. The van der Waals surface area contributed by atoms with Gasteiger partial charge in [-0.25, -0.2) is 0 Å². The maximum Gasteiger partial charge on any atom is 0.00861 e. The Bertz CT molecular complexity index is 326. The first-order valence-corrected chi connectivity index (χ1v) is 8.38. The molecule has 0 spiro atoms. The van der Waals surface area contributed by atoms with Gasteiger partial charge in [-0.1, -0.05) is 94.8 Å². The van der Waals surface area contributed by atoms with Gasteiger partial charge in [-0.05, 0) is 24.0 Å². The summed E-state index contributed by atoms with van der Waals surface area (Å²) in [6.45, 7) is 2.28. The van der Waals surface area contributed by atoms with E-state index in [1.165, 1.54) is 69.8 Å². The second-order valence-electron chi connectivity index (χ2n) is 5.44. The van der Waals surface area contributed by atoms with Crippen LogP contribution in [0.25, 0.3) is 0 Å². The van der Waals surface area contributed by atoms with Crippen molar-refractivity contribution >= 4 is 17.6 Å². The Morgan fingerprint density at radius 2 is 1.32 bits per heavy atom. The number of hydrogen-bond acceptors (Lipinski definition) is 1. The van der Waals surface area contributed by atoms with Gasteiger partial charge in [0.25, 0.3) is 0 Å². The van der Waals surface area contributed by atoms with E-state index in [2.05, 4.69) is 31.2 Å². The molecule has 1 heteroatoms. The molecule has 0 saturated carbocycles. The van der Waals surface area contributed by atoms with Crippen LogP contribution in [0.2, 0.25) is 0 Å². The number of unbranched alkanes of at least 4 members (excludes halogenated alkanes) is 8. The van der Waals surface area contributed by atoms with Gasteiger partial charge in [0.15, 0.2) is 0 Å². The standard InChI is InChI=1S/C18H28S/c1-2-3-4-5-6-7-8-9-10-11-17-12-14-18(16-19)15-13-17/h12-16H,2-11H2,1H3. The van der Waals surface area contributed by atoms with E-state index < -0.39 is 0 Å². The molecule has 0 nitrogen and oxygen atoms in total. The summed E-state index contributed by atoms with van der Waals surface area (Å²) in [5.74, 6) is 0. The van der Waals surface area contributed by atoms with Gasteiger partial charge in [-0.15, -0.1) is 0 Å². The minimum atomic E-state index is 1.14. The van der Waals surface area contributed by atoms with Crippen LogP contribution in [0.4, 0.5) is 0 Å². The van der Waals surface area contributed by atoms with Crippen molar-refractivity contribution in [2.75, 3.05) is 0 Å². The van der Waals surface area contributed by atoms with E-state index in [4.69, 9.17) is 12.2 Å². The summed E-state index contributed by atoms with van der Waals surface area (Å²) in [5, 5.41) is 1.74. The smallest absolute Gasteiger partial charge is 0.00861 e. The molecule has 0 aliphatic carbocycles. The Kier molecular flexibility index (Phi) is 9.61. The fourth-order valence-electron chi connectivity index (χ4n) is 2.40. The molecular weight excluding hydrogens is 248 g/mol. The molecule has 0 unspecified atom stereocenters. The largest absolute Gasteiger partial charge is 0.0881 e. The lowest BCUT2D eigenvalue weighted by molar-refractivity contribution is 0.565. The fraction of sp³-hybridized carbons (Fsp3) is 0.611. The van der Waals surface area contributed by atoms with Crippen LogP contribution in [0, 0.1) is 0 Å². The summed E-state index contributed by atoms with van der Waals surface area (Å²) >= 11 is 4.91. The predicted octanol–water partition coefficient (Wildman–Crippen LogP) is 6.11. The Labute approximate surface area is 124 Å². The molecule has 0 radical (unpaired) electrons. The summed E-state index contributed by atoms with van der Waals surface area (Å²) in [6, 6.07) is 8.66. The normalized spacial score (nSPS) is 10.6. The van der Waals surface area contributed by atoms with Gasteiger partial charge in [0.05, 0.1) is 0 Å². The van der Waals surface area contributed by atoms with E-state index in [1.54, 1.807) is 5.37 Å². The van der Waals surface area contributed by atoms with Crippen molar-refractivity contribution < 1.29 is 0 Å². The lowest BCUT2D eigenvalue weighted by Gasteiger charge is -2.03. The number of aryl methyl sites for hydroxylation is 1. The molecule has 0 saturated heterocycles. The molecule has 1 aromatic rings. The van der Waals surface area contributed by atoms with E-state index in [-0.39, 0.29) is 0 Å². The topological polar surface area (TPSA) is 0 Å². The first kappa shape index (κ1) is 16.4. The SMILES string of the molecule is CCCCCCCCCCCc1ccc(C=S)cc1. The van der Waals surface area contributed by atoms with Crippen molar-refractivity contribution in [2.24, 2.45) is 0 Å². The fourth-order valence-corrected chi connectivity index (χ4v) is 2.56. The first-order chi connectivity index (χ1) is 9.36. The molecule has 1 aromatic carbocycles. The van der Waals surface area contributed by atoms with Gasteiger partial charge >= 0.3 is 0 Å². The van der Waals surface area contributed by atoms with Gasteiger partial charge in [-0.3, -0.25) is 0 Å². The van der Waals surface area contributed by atoms with E-state index in [0.29, 0.717) is 0 Å². The highest BCUT2D eigenvalue weighted by atomic mass is 32.1. The molecule has 0 bridgehead atoms. The van der Waals surface area contributed by atoms with Crippen LogP contribution in [0.1, 0.15) is 75.8 Å². The Morgan fingerprint density at radius 1 is 0.789 bits per heavy atom. The molecule has 106 valence electrons. The summed E-state index contributed by atoms with van der Waals surface area (Å²) < 4.78 is 0. The van der Waals surface area contributed by atoms with E-state index in [1.807, 2.05) is 0 Å². The highest BCUT2D eigenvalue weighted by molar-refractivity contribution is 7.79. The number of hydrogen-bond donors (Lipinski definition) is 0. The molecule has 0 aromatic heterocycles. The molecule has 19 heavy (non-hydrogen) atoms. The van der Waals surface area contributed by atoms with E-state index in [0.717, 1.165) is 5.56 Å². The van der Waals surface area contributed by atoms with Crippen molar-refractivity contribution in [2.45, 2.75) is 71.1 Å². The Hall–Kier alpha value is -0.690. The molecule has 0 aliphatic rings. The van der Waals surface area contributed by atoms with Gasteiger partial charge in [-0.2, -0.15) is 0 Å². The maximum absolute atomic E-state index is 4.91. The van der Waals surface area contributed by atoms with Crippen LogP contribution < -0.4 is 0 Å². The minimum Gasteiger partial charge on any atom is -0.0881 e. The van der Waals surface area contributed by atoms with Gasteiger partial charge in [0, 0.05) is 5.37 Å². The summed E-state index contributed by atoms with van der Waals surface area (Å²) in [6.07, 6.45) is 13.8. The molecule has 0 aliphatic heterocycles. The minimum absolute atomic E-state index is 1.14. The third-order valence-corrected chi connectivity index (χ3v) is 3.96. The molecule has 0 heterocycles. The van der Waals surface area contributed by atoms with Crippen LogP contribution in [0.5, 0.6) is 0 Å². The zero-order chi connectivity index (χ0) is 13.8. The number of benzene rings is 1. The summed E-state index contributed by atoms with van der Waals surface area (Å²) in [7, 11) is 0. The molecule has 0 amide bonds. The lowest BCUT2D eigenvalue weighted by atomic mass is 10.0. The van der Waals surface area contributed by atoms with E-state index in [9.17, 15) is 0 Å². The number of rotatable bonds is 11. The average molecular weight is 276 g/mol. The zero-order valence-electron chi connectivity index (χ0n) is 12.4. The second-order valence-corrected chi connectivity index (χ2v) is 5.67. The Morgan fingerprint density at radius 3 is 1.84 bits per heavy atom.